The van der Waals surface area contributed by atoms with Gasteiger partial charge in [-0.1, -0.05) is 19.3 Å². The maximum absolute atomic E-state index is 5.48. The van der Waals surface area contributed by atoms with Gasteiger partial charge in [0.1, 0.15) is 0 Å². The zero-order valence-electron chi connectivity index (χ0n) is 13.2. The average Bonchev–Trinajstić information content (AvgIpc) is 3.06. The Hall–Kier alpha value is -0.880. The lowest BCUT2D eigenvalue weighted by molar-refractivity contribution is 0.349. The summed E-state index contributed by atoms with van der Waals surface area (Å²) >= 11 is 5.48. The van der Waals surface area contributed by atoms with E-state index < -0.39 is 0 Å². The number of hydrogen-bond donors (Lipinski definition) is 1. The van der Waals surface area contributed by atoms with E-state index >= 15 is 0 Å². The maximum atomic E-state index is 5.48. The van der Waals surface area contributed by atoms with Crippen molar-refractivity contribution in [1.29, 1.82) is 0 Å². The van der Waals surface area contributed by atoms with E-state index in [1.165, 1.54) is 51.6 Å². The van der Waals surface area contributed by atoms with Crippen LogP contribution in [-0.2, 0) is 0 Å². The topological polar surface area (TPSA) is 40.1 Å². The molecule has 2 aliphatic rings. The summed E-state index contributed by atoms with van der Waals surface area (Å²) in [5.41, 5.74) is 0. The smallest absolute Gasteiger partial charge is 0.225 e. The van der Waals surface area contributed by atoms with E-state index in [2.05, 4.69) is 38.7 Å². The van der Waals surface area contributed by atoms with Gasteiger partial charge in [-0.05, 0) is 51.0 Å². The molecule has 0 spiro atoms. The van der Waals surface area contributed by atoms with Gasteiger partial charge in [-0.15, -0.1) is 5.10 Å². The molecule has 21 heavy (non-hydrogen) atoms. The summed E-state index contributed by atoms with van der Waals surface area (Å²) in [4.78, 5) is 4.71. The Morgan fingerprint density at radius 3 is 2.71 bits per heavy atom. The summed E-state index contributed by atoms with van der Waals surface area (Å²) in [6.45, 7) is 3.48. The van der Waals surface area contributed by atoms with Crippen LogP contribution in [0.4, 0.5) is 5.95 Å². The molecule has 1 atom stereocenters. The van der Waals surface area contributed by atoms with Crippen molar-refractivity contribution in [1.82, 2.24) is 19.7 Å². The molecule has 1 aromatic rings. The molecule has 0 amide bonds. The lowest BCUT2D eigenvalue weighted by Crippen LogP contribution is -2.30. The van der Waals surface area contributed by atoms with Crippen molar-refractivity contribution in [2.24, 2.45) is 5.92 Å². The third-order valence-corrected chi connectivity index (χ3v) is 5.28. The molecule has 3 rings (SSSR count). The van der Waals surface area contributed by atoms with Crippen LogP contribution in [0.1, 0.15) is 44.6 Å². The Morgan fingerprint density at radius 1 is 1.29 bits per heavy atom. The number of likely N-dealkylation sites (tertiary alicyclic amines) is 1. The van der Waals surface area contributed by atoms with Crippen LogP contribution in [0.3, 0.4) is 0 Å². The van der Waals surface area contributed by atoms with E-state index in [-0.39, 0.29) is 0 Å². The van der Waals surface area contributed by atoms with Gasteiger partial charge in [0.25, 0.3) is 0 Å². The van der Waals surface area contributed by atoms with Crippen LogP contribution in [0.25, 0.3) is 0 Å². The fourth-order valence-corrected chi connectivity index (χ4v) is 4.15. The minimum atomic E-state index is 0.536. The molecule has 1 aliphatic carbocycles. The number of nitrogens with one attached hydrogen (secondary N) is 1. The SMILES string of the molecule is CN1CCC(CN(C)c2n[nH]c(=S)n2C2CCCCC2)C1. The number of aromatic nitrogens is 3. The van der Waals surface area contributed by atoms with Gasteiger partial charge in [-0.2, -0.15) is 0 Å². The fourth-order valence-electron chi connectivity index (χ4n) is 3.88. The molecule has 1 N–H and O–H groups in total. The third kappa shape index (κ3) is 3.31. The number of hydrogen-bond acceptors (Lipinski definition) is 4. The Labute approximate surface area is 132 Å². The van der Waals surface area contributed by atoms with Crippen LogP contribution in [0, 0.1) is 10.7 Å². The molecular weight excluding hydrogens is 282 g/mol. The van der Waals surface area contributed by atoms with Gasteiger partial charge in [0.05, 0.1) is 0 Å². The van der Waals surface area contributed by atoms with Gasteiger partial charge in [0, 0.05) is 26.2 Å². The molecular formula is C15H27N5S. The minimum Gasteiger partial charge on any atom is -0.344 e. The second kappa shape index (κ2) is 6.48. The van der Waals surface area contributed by atoms with Crippen LogP contribution in [0.2, 0.25) is 0 Å². The van der Waals surface area contributed by atoms with Crippen LogP contribution in [0.5, 0.6) is 0 Å². The molecule has 0 aromatic carbocycles. The summed E-state index contributed by atoms with van der Waals surface area (Å²) in [6, 6.07) is 0.536. The highest BCUT2D eigenvalue weighted by atomic mass is 32.1. The molecule has 6 heteroatoms. The van der Waals surface area contributed by atoms with Gasteiger partial charge in [0.2, 0.25) is 5.95 Å². The van der Waals surface area contributed by atoms with Crippen molar-refractivity contribution < 1.29 is 0 Å². The van der Waals surface area contributed by atoms with E-state index in [1.54, 1.807) is 0 Å². The molecule has 1 unspecified atom stereocenters. The maximum Gasteiger partial charge on any atom is 0.225 e. The highest BCUT2D eigenvalue weighted by molar-refractivity contribution is 7.71. The normalized spacial score (nSPS) is 24.6. The molecule has 2 fully saturated rings. The Morgan fingerprint density at radius 2 is 2.05 bits per heavy atom. The number of nitrogens with zero attached hydrogens (tertiary/aromatic N) is 4. The molecule has 1 aromatic heterocycles. The van der Waals surface area contributed by atoms with Crippen LogP contribution >= 0.6 is 12.2 Å². The summed E-state index contributed by atoms with van der Waals surface area (Å²) in [5, 5.41) is 7.52. The Bertz CT molecular complexity index is 516. The van der Waals surface area contributed by atoms with Crippen molar-refractivity contribution >= 4 is 18.2 Å². The first-order valence-electron chi connectivity index (χ1n) is 8.21. The number of H-pyrrole nitrogens is 1. The monoisotopic (exact) mass is 309 g/mol. The predicted molar refractivity (Wildman–Crippen MR) is 88.4 cm³/mol. The van der Waals surface area contributed by atoms with Gasteiger partial charge in [-0.25, -0.2) is 5.10 Å². The molecule has 0 bridgehead atoms. The zero-order valence-corrected chi connectivity index (χ0v) is 14.0. The fraction of sp³-hybridized carbons (Fsp3) is 0.867. The van der Waals surface area contributed by atoms with Gasteiger partial charge >= 0.3 is 0 Å². The molecule has 1 aliphatic heterocycles. The molecule has 1 saturated carbocycles. The van der Waals surface area contributed by atoms with Crippen molar-refractivity contribution in [3.8, 4) is 0 Å². The highest BCUT2D eigenvalue weighted by Crippen LogP contribution is 2.31. The predicted octanol–water partition coefficient (Wildman–Crippen LogP) is 2.83. The van der Waals surface area contributed by atoms with Gasteiger partial charge in [-0.3, -0.25) is 4.57 Å². The van der Waals surface area contributed by atoms with Crippen molar-refractivity contribution in [3.05, 3.63) is 4.77 Å². The first-order chi connectivity index (χ1) is 10.1. The van der Waals surface area contributed by atoms with E-state index in [1.807, 2.05) is 0 Å². The van der Waals surface area contributed by atoms with Gasteiger partial charge in [0.15, 0.2) is 4.77 Å². The van der Waals surface area contributed by atoms with E-state index in [0.717, 1.165) is 23.2 Å². The number of rotatable bonds is 4. The number of aromatic amines is 1. The van der Waals surface area contributed by atoms with Crippen molar-refractivity contribution in [2.75, 3.05) is 38.6 Å². The summed E-state index contributed by atoms with van der Waals surface area (Å²) in [7, 11) is 4.36. The largest absolute Gasteiger partial charge is 0.344 e. The number of anilines is 1. The molecule has 0 radical (unpaired) electrons. The molecule has 5 nitrogen and oxygen atoms in total. The molecule has 118 valence electrons. The van der Waals surface area contributed by atoms with Crippen LogP contribution < -0.4 is 4.90 Å². The minimum absolute atomic E-state index is 0.536. The van der Waals surface area contributed by atoms with E-state index in [0.29, 0.717) is 6.04 Å². The highest BCUT2D eigenvalue weighted by Gasteiger charge is 2.25. The third-order valence-electron chi connectivity index (χ3n) is 4.99. The lowest BCUT2D eigenvalue weighted by Gasteiger charge is -2.28. The second-order valence-corrected chi connectivity index (χ2v) is 7.17. The van der Waals surface area contributed by atoms with Crippen LogP contribution in [0.15, 0.2) is 0 Å². The quantitative estimate of drug-likeness (QED) is 0.868. The van der Waals surface area contributed by atoms with E-state index in [4.69, 9.17) is 12.2 Å². The zero-order chi connectivity index (χ0) is 14.8. The lowest BCUT2D eigenvalue weighted by atomic mass is 9.95. The second-order valence-electron chi connectivity index (χ2n) is 6.79. The first kappa shape index (κ1) is 15.0. The van der Waals surface area contributed by atoms with Crippen molar-refractivity contribution in [2.45, 2.75) is 44.6 Å². The summed E-state index contributed by atoms with van der Waals surface area (Å²) < 4.78 is 3.06. The van der Waals surface area contributed by atoms with Crippen molar-refractivity contribution in [3.63, 3.8) is 0 Å². The Kier molecular flexibility index (Phi) is 4.64. The van der Waals surface area contributed by atoms with Crippen LogP contribution in [-0.4, -0.2) is 53.4 Å². The van der Waals surface area contributed by atoms with Gasteiger partial charge < -0.3 is 9.80 Å². The first-order valence-corrected chi connectivity index (χ1v) is 8.62. The Balaban J connectivity index is 1.73. The summed E-state index contributed by atoms with van der Waals surface area (Å²) in [6.07, 6.45) is 7.75. The van der Waals surface area contributed by atoms with E-state index in [9.17, 15) is 0 Å². The standard InChI is InChI=1S/C15H27N5S/c1-18-9-8-12(10-18)11-19(2)14-16-17-15(21)20(14)13-6-4-3-5-7-13/h12-13H,3-11H2,1-2H3,(H,17,21). The average molecular weight is 309 g/mol. The molecule has 2 heterocycles. The molecule has 1 saturated heterocycles. The summed E-state index contributed by atoms with van der Waals surface area (Å²) in [5.74, 6) is 1.77.